The summed E-state index contributed by atoms with van der Waals surface area (Å²) in [6, 6.07) is 4.05. The van der Waals surface area contributed by atoms with E-state index in [0.717, 1.165) is 39.6 Å². The molecule has 5 heteroatoms. The Balaban J connectivity index is 1.97. The van der Waals surface area contributed by atoms with Gasteiger partial charge in [-0.3, -0.25) is 0 Å². The van der Waals surface area contributed by atoms with Crippen molar-refractivity contribution in [3.63, 3.8) is 0 Å². The van der Waals surface area contributed by atoms with Gasteiger partial charge in [0, 0.05) is 13.1 Å². The monoisotopic (exact) mass is 277 g/mol. The number of thiazole rings is 1. The molecule has 0 aliphatic carbocycles. The van der Waals surface area contributed by atoms with Gasteiger partial charge >= 0.3 is 0 Å². The second-order valence-electron chi connectivity index (χ2n) is 5.39. The van der Waals surface area contributed by atoms with E-state index >= 15 is 0 Å². The molecule has 0 saturated carbocycles. The number of benzene rings is 1. The minimum absolute atomic E-state index is 0.277. The highest BCUT2D eigenvalue weighted by Gasteiger charge is 2.25. The van der Waals surface area contributed by atoms with Crippen LogP contribution in [0.15, 0.2) is 12.1 Å². The Hall–Kier alpha value is -1.33. The highest BCUT2D eigenvalue weighted by atomic mass is 32.1. The quantitative estimate of drug-likeness (QED) is 0.786. The van der Waals surface area contributed by atoms with E-state index < -0.39 is 0 Å². The Morgan fingerprint density at radius 1 is 1.47 bits per heavy atom. The van der Waals surface area contributed by atoms with E-state index in [2.05, 4.69) is 22.9 Å². The van der Waals surface area contributed by atoms with Gasteiger partial charge < -0.3 is 15.7 Å². The fourth-order valence-corrected chi connectivity index (χ4v) is 3.49. The van der Waals surface area contributed by atoms with Crippen LogP contribution in [0, 0.1) is 12.8 Å². The maximum Gasteiger partial charge on any atom is 0.0907 e. The molecule has 102 valence electrons. The maximum atomic E-state index is 10.0. The topological polar surface area (TPSA) is 62.4 Å². The summed E-state index contributed by atoms with van der Waals surface area (Å²) in [6.07, 6.45) is 0.718. The Labute approximate surface area is 116 Å². The van der Waals surface area contributed by atoms with Gasteiger partial charge in [0.1, 0.15) is 0 Å². The van der Waals surface area contributed by atoms with Crippen LogP contribution in [0.1, 0.15) is 18.4 Å². The van der Waals surface area contributed by atoms with Crippen LogP contribution in [-0.2, 0) is 0 Å². The lowest BCUT2D eigenvalue weighted by Gasteiger charge is -2.36. The first-order valence-corrected chi connectivity index (χ1v) is 7.46. The van der Waals surface area contributed by atoms with Crippen molar-refractivity contribution in [1.82, 2.24) is 4.98 Å². The van der Waals surface area contributed by atoms with E-state index in [4.69, 9.17) is 5.73 Å². The number of nitrogens with two attached hydrogens (primary N) is 1. The summed E-state index contributed by atoms with van der Waals surface area (Å²) < 4.78 is 1.13. The number of hydrogen-bond donors (Lipinski definition) is 2. The van der Waals surface area contributed by atoms with E-state index in [-0.39, 0.29) is 6.10 Å². The number of piperidine rings is 1. The molecule has 2 atom stereocenters. The average molecular weight is 277 g/mol. The summed E-state index contributed by atoms with van der Waals surface area (Å²) in [5.74, 6) is 0.364. The van der Waals surface area contributed by atoms with Crippen molar-refractivity contribution >= 4 is 32.9 Å². The zero-order valence-electron chi connectivity index (χ0n) is 11.3. The van der Waals surface area contributed by atoms with E-state index in [1.165, 1.54) is 0 Å². The Bertz CT molecular complexity index is 610. The molecule has 1 saturated heterocycles. The molecule has 0 bridgehead atoms. The van der Waals surface area contributed by atoms with Crippen molar-refractivity contribution in [1.29, 1.82) is 0 Å². The lowest BCUT2D eigenvalue weighted by Crippen LogP contribution is -2.43. The van der Waals surface area contributed by atoms with Crippen molar-refractivity contribution in [3.05, 3.63) is 17.1 Å². The molecule has 19 heavy (non-hydrogen) atoms. The average Bonchev–Trinajstić information content (AvgIpc) is 2.71. The van der Waals surface area contributed by atoms with Gasteiger partial charge in [-0.25, -0.2) is 4.98 Å². The number of aliphatic hydroxyl groups excluding tert-OH is 1. The Morgan fingerprint density at radius 2 is 2.26 bits per heavy atom. The van der Waals surface area contributed by atoms with Crippen LogP contribution >= 0.6 is 11.3 Å². The number of fused-ring (bicyclic) bond motifs is 1. The maximum absolute atomic E-state index is 10.0. The van der Waals surface area contributed by atoms with Crippen molar-refractivity contribution in [2.75, 3.05) is 23.7 Å². The first-order valence-electron chi connectivity index (χ1n) is 6.64. The molecule has 2 aromatic rings. The Kier molecular flexibility index (Phi) is 3.11. The van der Waals surface area contributed by atoms with E-state index in [1.807, 2.05) is 13.0 Å². The molecule has 0 radical (unpaired) electrons. The largest absolute Gasteiger partial charge is 0.397 e. The number of nitrogens with zero attached hydrogens (tertiary/aromatic N) is 2. The number of β-amino-alcohol motifs (C(OH)–C–C–N with tert-alkyl or cyclic N) is 1. The van der Waals surface area contributed by atoms with E-state index in [1.54, 1.807) is 11.3 Å². The third-order valence-electron chi connectivity index (χ3n) is 3.90. The minimum Gasteiger partial charge on any atom is -0.397 e. The van der Waals surface area contributed by atoms with Crippen LogP contribution in [0.5, 0.6) is 0 Å². The summed E-state index contributed by atoms with van der Waals surface area (Å²) in [5.41, 5.74) is 8.94. The van der Waals surface area contributed by atoms with Crippen LogP contribution in [0.4, 0.5) is 11.4 Å². The molecule has 1 fully saturated rings. The van der Waals surface area contributed by atoms with Crippen molar-refractivity contribution in [2.24, 2.45) is 5.92 Å². The highest BCUT2D eigenvalue weighted by molar-refractivity contribution is 7.18. The van der Waals surface area contributed by atoms with Crippen LogP contribution in [-0.4, -0.2) is 29.3 Å². The van der Waals surface area contributed by atoms with Crippen molar-refractivity contribution < 1.29 is 5.11 Å². The van der Waals surface area contributed by atoms with Gasteiger partial charge in [-0.15, -0.1) is 11.3 Å². The third-order valence-corrected chi connectivity index (χ3v) is 4.84. The lowest BCUT2D eigenvalue weighted by atomic mass is 9.95. The normalized spacial score (nSPS) is 24.1. The SMILES string of the molecule is Cc1nc2cc(N3CCC(C)C(O)C3)c(N)cc2s1. The molecule has 1 aliphatic heterocycles. The molecule has 4 nitrogen and oxygen atoms in total. The van der Waals surface area contributed by atoms with Crippen LogP contribution in [0.3, 0.4) is 0 Å². The zero-order valence-corrected chi connectivity index (χ0v) is 12.1. The molecule has 2 heterocycles. The van der Waals surface area contributed by atoms with Crippen LogP contribution < -0.4 is 10.6 Å². The van der Waals surface area contributed by atoms with Gasteiger partial charge in [0.2, 0.25) is 0 Å². The molecule has 0 amide bonds. The molecular weight excluding hydrogens is 258 g/mol. The summed E-state index contributed by atoms with van der Waals surface area (Å²) >= 11 is 1.66. The Morgan fingerprint density at radius 3 is 3.00 bits per heavy atom. The first-order chi connectivity index (χ1) is 9.04. The smallest absolute Gasteiger partial charge is 0.0907 e. The number of hydrogen-bond acceptors (Lipinski definition) is 5. The number of aliphatic hydroxyl groups is 1. The van der Waals surface area contributed by atoms with Gasteiger partial charge in [0.05, 0.1) is 32.7 Å². The molecule has 1 aromatic carbocycles. The summed E-state index contributed by atoms with van der Waals surface area (Å²) in [7, 11) is 0. The molecule has 0 spiro atoms. The van der Waals surface area contributed by atoms with Gasteiger partial charge in [-0.05, 0) is 31.4 Å². The lowest BCUT2D eigenvalue weighted by molar-refractivity contribution is 0.103. The second-order valence-corrected chi connectivity index (χ2v) is 6.63. The summed E-state index contributed by atoms with van der Waals surface area (Å²) in [4.78, 5) is 6.69. The number of aromatic nitrogens is 1. The number of anilines is 2. The minimum atomic E-state index is -0.277. The van der Waals surface area contributed by atoms with Crippen LogP contribution in [0.2, 0.25) is 0 Å². The summed E-state index contributed by atoms with van der Waals surface area (Å²) in [5, 5.41) is 11.1. The fraction of sp³-hybridized carbons (Fsp3) is 0.500. The number of nitrogen functional groups attached to an aromatic ring is 1. The van der Waals surface area contributed by atoms with Gasteiger partial charge in [0.25, 0.3) is 0 Å². The summed E-state index contributed by atoms with van der Waals surface area (Å²) in [6.45, 7) is 5.70. The predicted molar refractivity (Wildman–Crippen MR) is 80.8 cm³/mol. The van der Waals surface area contributed by atoms with Crippen molar-refractivity contribution in [2.45, 2.75) is 26.4 Å². The predicted octanol–water partition coefficient (Wildman–Crippen LogP) is 2.39. The molecule has 3 N–H and O–H groups in total. The highest BCUT2D eigenvalue weighted by Crippen LogP contribution is 2.34. The molecular formula is C14H19N3OS. The number of rotatable bonds is 1. The van der Waals surface area contributed by atoms with Gasteiger partial charge in [0.15, 0.2) is 0 Å². The van der Waals surface area contributed by atoms with E-state index in [0.29, 0.717) is 12.5 Å². The fourth-order valence-electron chi connectivity index (χ4n) is 2.64. The van der Waals surface area contributed by atoms with Gasteiger partial charge in [-0.1, -0.05) is 6.92 Å². The molecule has 3 rings (SSSR count). The molecule has 1 aromatic heterocycles. The second kappa shape index (κ2) is 4.65. The van der Waals surface area contributed by atoms with Crippen molar-refractivity contribution in [3.8, 4) is 0 Å². The van der Waals surface area contributed by atoms with Gasteiger partial charge in [-0.2, -0.15) is 0 Å². The third kappa shape index (κ3) is 2.28. The number of aryl methyl sites for hydroxylation is 1. The van der Waals surface area contributed by atoms with Crippen LogP contribution in [0.25, 0.3) is 10.2 Å². The first kappa shape index (κ1) is 12.7. The molecule has 1 aliphatic rings. The van der Waals surface area contributed by atoms with E-state index in [9.17, 15) is 5.11 Å². The molecule has 2 unspecified atom stereocenters. The standard InChI is InChI=1S/C14H19N3OS/c1-8-3-4-17(7-13(8)18)12-6-11-14(5-10(12)15)19-9(2)16-11/h5-6,8,13,18H,3-4,7,15H2,1-2H3. The zero-order chi connectivity index (χ0) is 13.6.